The molecule has 0 saturated carbocycles. The van der Waals surface area contributed by atoms with Gasteiger partial charge in [0, 0.05) is 13.6 Å². The second kappa shape index (κ2) is 5.90. The maximum Gasteiger partial charge on any atom is 0.240 e. The third-order valence-corrected chi connectivity index (χ3v) is 4.53. The number of sulfonamides is 1. The second-order valence-corrected chi connectivity index (χ2v) is 6.62. The molecule has 19 heavy (non-hydrogen) atoms. The molecule has 0 aromatic heterocycles. The Morgan fingerprint density at radius 2 is 1.95 bits per heavy atom. The lowest BCUT2D eigenvalue weighted by Crippen LogP contribution is -2.35. The summed E-state index contributed by atoms with van der Waals surface area (Å²) in [4.78, 5) is 2.20. The summed E-state index contributed by atoms with van der Waals surface area (Å²) in [6, 6.07) is 6.90. The maximum absolute atomic E-state index is 11.6. The Morgan fingerprint density at radius 3 is 2.58 bits per heavy atom. The van der Waals surface area contributed by atoms with Gasteiger partial charge in [-0.25, -0.2) is 13.6 Å². The highest BCUT2D eigenvalue weighted by Crippen LogP contribution is 2.25. The average Bonchev–Trinajstić information content (AvgIpc) is 2.39. The summed E-state index contributed by atoms with van der Waals surface area (Å²) >= 11 is 0. The molecule has 1 saturated heterocycles. The van der Waals surface area contributed by atoms with Crippen LogP contribution in [0.25, 0.3) is 0 Å². The predicted octanol–water partition coefficient (Wildman–Crippen LogP) is 0.770. The van der Waals surface area contributed by atoms with Crippen LogP contribution in [-0.2, 0) is 10.0 Å². The summed E-state index contributed by atoms with van der Waals surface area (Å²) in [5, 5.41) is 8.59. The summed E-state index contributed by atoms with van der Waals surface area (Å²) in [6.45, 7) is 2.93. The first kappa shape index (κ1) is 14.3. The topological polar surface area (TPSA) is 75.4 Å². The molecular weight excluding hydrogens is 262 g/mol. The molecule has 1 aromatic rings. The van der Waals surface area contributed by atoms with Gasteiger partial charge >= 0.3 is 0 Å². The lowest BCUT2D eigenvalue weighted by atomic mass is 9.97. The van der Waals surface area contributed by atoms with E-state index in [1.54, 1.807) is 18.2 Å². The van der Waals surface area contributed by atoms with Gasteiger partial charge in [0.2, 0.25) is 10.0 Å². The number of nitrogens with zero attached hydrogens (tertiary/aromatic N) is 1. The van der Waals surface area contributed by atoms with Crippen LogP contribution in [0.4, 0.5) is 5.69 Å². The van der Waals surface area contributed by atoms with Crippen molar-refractivity contribution in [1.29, 1.82) is 0 Å². The van der Waals surface area contributed by atoms with E-state index in [9.17, 15) is 8.42 Å². The molecular formula is C13H21N3O2S. The quantitative estimate of drug-likeness (QED) is 0.856. The molecule has 1 fully saturated rings. The predicted molar refractivity (Wildman–Crippen MR) is 76.7 cm³/mol. The van der Waals surface area contributed by atoms with E-state index in [2.05, 4.69) is 5.32 Å². The molecule has 3 N–H and O–H groups in total. The molecule has 0 atom stereocenters. The van der Waals surface area contributed by atoms with Crippen LogP contribution in [0, 0.1) is 5.92 Å². The first-order chi connectivity index (χ1) is 8.98. The van der Waals surface area contributed by atoms with Crippen LogP contribution >= 0.6 is 0 Å². The molecule has 0 amide bonds. The number of nitrogens with one attached hydrogen (secondary N) is 1. The van der Waals surface area contributed by atoms with Crippen molar-refractivity contribution in [2.45, 2.75) is 17.7 Å². The zero-order valence-electron chi connectivity index (χ0n) is 11.2. The SMILES string of the molecule is CN(CC1CCNCC1)c1ccccc1S(N)(=O)=O. The zero-order valence-corrected chi connectivity index (χ0v) is 12.0. The lowest BCUT2D eigenvalue weighted by Gasteiger charge is -2.29. The summed E-state index contributed by atoms with van der Waals surface area (Å²) in [5.41, 5.74) is 0.684. The van der Waals surface area contributed by atoms with E-state index in [0.29, 0.717) is 11.6 Å². The van der Waals surface area contributed by atoms with Gasteiger partial charge in [0.15, 0.2) is 0 Å². The van der Waals surface area contributed by atoms with Gasteiger partial charge in [0.05, 0.1) is 5.69 Å². The van der Waals surface area contributed by atoms with Crippen molar-refractivity contribution in [3.8, 4) is 0 Å². The van der Waals surface area contributed by atoms with E-state index in [1.807, 2.05) is 18.0 Å². The van der Waals surface area contributed by atoms with Gasteiger partial charge in [-0.2, -0.15) is 0 Å². The number of rotatable bonds is 4. The Morgan fingerprint density at radius 1 is 1.32 bits per heavy atom. The summed E-state index contributed by atoms with van der Waals surface area (Å²) in [7, 11) is -1.75. The maximum atomic E-state index is 11.6. The third kappa shape index (κ3) is 3.68. The molecule has 0 spiro atoms. The number of hydrogen-bond donors (Lipinski definition) is 2. The fourth-order valence-electron chi connectivity index (χ4n) is 2.56. The molecule has 1 aliphatic heterocycles. The van der Waals surface area contributed by atoms with Crippen LogP contribution in [-0.4, -0.2) is 35.1 Å². The van der Waals surface area contributed by atoms with Crippen molar-refractivity contribution in [2.24, 2.45) is 11.1 Å². The first-order valence-corrected chi connectivity index (χ1v) is 8.07. The van der Waals surface area contributed by atoms with Gasteiger partial charge in [0.1, 0.15) is 4.90 Å². The van der Waals surface area contributed by atoms with Crippen LogP contribution in [0.5, 0.6) is 0 Å². The number of piperidine rings is 1. The first-order valence-electron chi connectivity index (χ1n) is 6.52. The van der Waals surface area contributed by atoms with Crippen LogP contribution in [0.1, 0.15) is 12.8 Å². The fraction of sp³-hybridized carbons (Fsp3) is 0.538. The van der Waals surface area contributed by atoms with Gasteiger partial charge in [-0.3, -0.25) is 0 Å². The van der Waals surface area contributed by atoms with Crippen molar-refractivity contribution in [3.05, 3.63) is 24.3 Å². The van der Waals surface area contributed by atoms with Crippen molar-refractivity contribution in [1.82, 2.24) is 5.32 Å². The lowest BCUT2D eigenvalue weighted by molar-refractivity contribution is 0.377. The molecule has 6 heteroatoms. The van der Waals surface area contributed by atoms with Crippen LogP contribution < -0.4 is 15.4 Å². The van der Waals surface area contributed by atoms with Crippen molar-refractivity contribution in [3.63, 3.8) is 0 Å². The average molecular weight is 283 g/mol. The van der Waals surface area contributed by atoms with Crippen molar-refractivity contribution < 1.29 is 8.42 Å². The molecule has 1 aliphatic rings. The van der Waals surface area contributed by atoms with Gasteiger partial charge < -0.3 is 10.2 Å². The molecule has 1 heterocycles. The van der Waals surface area contributed by atoms with Crippen molar-refractivity contribution >= 4 is 15.7 Å². The zero-order chi connectivity index (χ0) is 13.9. The number of para-hydroxylation sites is 1. The standard InChI is InChI=1S/C13H21N3O2S/c1-16(10-11-6-8-15-9-7-11)12-4-2-3-5-13(12)19(14,17)18/h2-5,11,15H,6-10H2,1H3,(H2,14,17,18). The monoisotopic (exact) mass is 283 g/mol. The molecule has 106 valence electrons. The normalized spacial score (nSPS) is 17.4. The third-order valence-electron chi connectivity index (χ3n) is 3.57. The van der Waals surface area contributed by atoms with Gasteiger partial charge in [-0.05, 0) is 44.0 Å². The van der Waals surface area contributed by atoms with Crippen LogP contribution in [0.15, 0.2) is 29.2 Å². The fourth-order valence-corrected chi connectivity index (χ4v) is 3.35. The summed E-state index contributed by atoms with van der Waals surface area (Å²) in [5.74, 6) is 0.597. The number of nitrogens with two attached hydrogens (primary N) is 1. The van der Waals surface area contributed by atoms with E-state index in [1.165, 1.54) is 0 Å². The van der Waals surface area contributed by atoms with E-state index in [0.717, 1.165) is 32.5 Å². The van der Waals surface area contributed by atoms with E-state index < -0.39 is 10.0 Å². The summed E-state index contributed by atoms with van der Waals surface area (Å²) in [6.07, 6.45) is 2.25. The Hall–Kier alpha value is -1.11. The Labute approximate surface area is 114 Å². The number of hydrogen-bond acceptors (Lipinski definition) is 4. The summed E-state index contributed by atoms with van der Waals surface area (Å²) < 4.78 is 23.2. The van der Waals surface area contributed by atoms with Crippen LogP contribution in [0.3, 0.4) is 0 Å². The molecule has 0 unspecified atom stereocenters. The minimum absolute atomic E-state index is 0.200. The van der Waals surface area contributed by atoms with Crippen molar-refractivity contribution in [2.75, 3.05) is 31.6 Å². The highest BCUT2D eigenvalue weighted by molar-refractivity contribution is 7.89. The second-order valence-electron chi connectivity index (χ2n) is 5.09. The minimum Gasteiger partial charge on any atom is -0.373 e. The smallest absolute Gasteiger partial charge is 0.240 e. The largest absolute Gasteiger partial charge is 0.373 e. The molecule has 0 aliphatic carbocycles. The Balaban J connectivity index is 2.16. The molecule has 0 bridgehead atoms. The van der Waals surface area contributed by atoms with E-state index in [4.69, 9.17) is 5.14 Å². The minimum atomic E-state index is -3.67. The van der Waals surface area contributed by atoms with Gasteiger partial charge in [-0.15, -0.1) is 0 Å². The molecule has 1 aromatic carbocycles. The van der Waals surface area contributed by atoms with E-state index >= 15 is 0 Å². The van der Waals surface area contributed by atoms with Gasteiger partial charge in [0.25, 0.3) is 0 Å². The highest BCUT2D eigenvalue weighted by Gasteiger charge is 2.19. The highest BCUT2D eigenvalue weighted by atomic mass is 32.2. The number of benzene rings is 1. The van der Waals surface area contributed by atoms with Gasteiger partial charge in [-0.1, -0.05) is 12.1 Å². The number of anilines is 1. The molecule has 5 nitrogen and oxygen atoms in total. The molecule has 2 rings (SSSR count). The number of primary sulfonamides is 1. The Kier molecular flexibility index (Phi) is 4.44. The molecule has 0 radical (unpaired) electrons. The Bertz CT molecular complexity index is 524. The van der Waals surface area contributed by atoms with Crippen LogP contribution in [0.2, 0.25) is 0 Å². The van der Waals surface area contributed by atoms with E-state index in [-0.39, 0.29) is 4.90 Å².